The summed E-state index contributed by atoms with van der Waals surface area (Å²) >= 11 is 0. The van der Waals surface area contributed by atoms with Gasteiger partial charge in [0.1, 0.15) is 12.4 Å². The van der Waals surface area contributed by atoms with Crippen LogP contribution in [0.1, 0.15) is 10.4 Å². The molecule has 32 heavy (non-hydrogen) atoms. The number of hydrogen-bond donors (Lipinski definition) is 1. The zero-order valence-corrected chi connectivity index (χ0v) is 18.0. The smallest absolute Gasteiger partial charge is 0.262 e. The van der Waals surface area contributed by atoms with Crippen LogP contribution in [0.15, 0.2) is 77.7 Å². The zero-order chi connectivity index (χ0) is 22.7. The second-order valence-corrected chi connectivity index (χ2v) is 8.98. The molecular weight excluding hydrogens is 435 g/mol. The highest BCUT2D eigenvalue weighted by Crippen LogP contribution is 2.31. The fourth-order valence-corrected chi connectivity index (χ4v) is 4.42. The van der Waals surface area contributed by atoms with Crippen LogP contribution in [-0.4, -0.2) is 45.5 Å². The van der Waals surface area contributed by atoms with E-state index in [0.29, 0.717) is 11.5 Å². The number of amides is 1. The first-order valence-corrected chi connectivity index (χ1v) is 11.3. The van der Waals surface area contributed by atoms with Crippen molar-refractivity contribution in [3.05, 3.63) is 84.2 Å². The minimum Gasteiger partial charge on any atom is -0.486 e. The lowest BCUT2D eigenvalue weighted by atomic mass is 10.2. The molecule has 0 saturated carbocycles. The lowest BCUT2D eigenvalue weighted by Crippen LogP contribution is -2.41. The first kappa shape index (κ1) is 21.6. The van der Waals surface area contributed by atoms with Crippen molar-refractivity contribution in [1.29, 1.82) is 0 Å². The number of hydrogen-bond acceptors (Lipinski definition) is 5. The molecular formula is C23H21FN2O5S. The molecule has 1 aliphatic rings. The molecule has 0 aliphatic carbocycles. The molecule has 3 aromatic carbocycles. The maximum absolute atomic E-state index is 13.9. The van der Waals surface area contributed by atoms with Crippen molar-refractivity contribution in [3.8, 4) is 11.5 Å². The molecule has 1 unspecified atom stereocenters. The highest BCUT2D eigenvalue weighted by Gasteiger charge is 2.25. The van der Waals surface area contributed by atoms with Gasteiger partial charge < -0.3 is 14.4 Å². The summed E-state index contributed by atoms with van der Waals surface area (Å²) in [6, 6.07) is 18.3. The highest BCUT2D eigenvalue weighted by molar-refractivity contribution is 7.92. The Bertz CT molecular complexity index is 1250. The number of halogens is 1. The van der Waals surface area contributed by atoms with Crippen molar-refractivity contribution < 1.29 is 27.1 Å². The number of rotatable bonds is 6. The maximum atomic E-state index is 13.9. The quantitative estimate of drug-likeness (QED) is 0.613. The number of benzene rings is 3. The number of ether oxygens (including phenoxy) is 2. The van der Waals surface area contributed by atoms with Gasteiger partial charge in [0.2, 0.25) is 0 Å². The molecule has 0 fully saturated rings. The number of sulfonamides is 1. The van der Waals surface area contributed by atoms with Gasteiger partial charge in [-0.05, 0) is 42.5 Å². The molecule has 1 amide bonds. The summed E-state index contributed by atoms with van der Waals surface area (Å²) in [5, 5.41) is 0. The molecule has 0 aromatic heterocycles. The molecule has 7 nitrogen and oxygen atoms in total. The Morgan fingerprint density at radius 3 is 2.56 bits per heavy atom. The van der Waals surface area contributed by atoms with Crippen molar-refractivity contribution in [2.24, 2.45) is 0 Å². The molecule has 166 valence electrons. The van der Waals surface area contributed by atoms with E-state index < -0.39 is 15.8 Å². The second-order valence-electron chi connectivity index (χ2n) is 7.30. The van der Waals surface area contributed by atoms with E-state index in [1.807, 2.05) is 18.2 Å². The van der Waals surface area contributed by atoms with E-state index in [-0.39, 0.29) is 41.3 Å². The van der Waals surface area contributed by atoms with Crippen molar-refractivity contribution in [3.63, 3.8) is 0 Å². The first-order chi connectivity index (χ1) is 15.3. The third-order valence-electron chi connectivity index (χ3n) is 4.90. The van der Waals surface area contributed by atoms with Gasteiger partial charge in [-0.2, -0.15) is 0 Å². The number of para-hydroxylation sites is 3. The largest absolute Gasteiger partial charge is 0.486 e. The number of carbonyl (C=O) groups excluding carboxylic acids is 1. The molecule has 0 radical (unpaired) electrons. The summed E-state index contributed by atoms with van der Waals surface area (Å²) < 4.78 is 53.0. The van der Waals surface area contributed by atoms with Gasteiger partial charge in [-0.25, -0.2) is 12.8 Å². The Hall–Kier alpha value is -3.59. The average molecular weight is 456 g/mol. The fraction of sp³-hybridized carbons (Fsp3) is 0.174. The van der Waals surface area contributed by atoms with Crippen LogP contribution < -0.4 is 14.2 Å². The van der Waals surface area contributed by atoms with Gasteiger partial charge in [0.25, 0.3) is 15.9 Å². The maximum Gasteiger partial charge on any atom is 0.262 e. The van der Waals surface area contributed by atoms with Gasteiger partial charge in [-0.3, -0.25) is 9.52 Å². The normalized spacial score (nSPS) is 15.1. The third kappa shape index (κ3) is 4.67. The molecule has 0 saturated heterocycles. The number of nitrogens with one attached hydrogen (secondary N) is 1. The van der Waals surface area contributed by atoms with Gasteiger partial charge >= 0.3 is 0 Å². The number of nitrogens with zero attached hydrogens (tertiary/aromatic N) is 1. The Morgan fingerprint density at radius 2 is 1.78 bits per heavy atom. The van der Waals surface area contributed by atoms with Crippen LogP contribution >= 0.6 is 0 Å². The minimum atomic E-state index is -4.08. The predicted octanol–water partition coefficient (Wildman–Crippen LogP) is 3.54. The van der Waals surface area contributed by atoms with Gasteiger partial charge in [0.15, 0.2) is 17.6 Å². The van der Waals surface area contributed by atoms with Crippen LogP contribution in [-0.2, 0) is 10.0 Å². The number of anilines is 1. The lowest BCUT2D eigenvalue weighted by Gasteiger charge is -2.29. The van der Waals surface area contributed by atoms with Gasteiger partial charge in [-0.15, -0.1) is 0 Å². The van der Waals surface area contributed by atoms with E-state index in [2.05, 4.69) is 4.72 Å². The van der Waals surface area contributed by atoms with Crippen molar-refractivity contribution >= 4 is 21.6 Å². The minimum absolute atomic E-state index is 0.147. The van der Waals surface area contributed by atoms with E-state index in [0.717, 1.165) is 6.07 Å². The van der Waals surface area contributed by atoms with E-state index in [9.17, 15) is 17.6 Å². The molecule has 3 aromatic rings. The standard InChI is InChI=1S/C23H21FN2O5S/c1-26(14-17-15-30-21-11-4-5-12-22(21)31-17)23(27)16-7-6-8-18(13-16)32(28,29)25-20-10-3-2-9-19(20)24/h2-13,17,25H,14-15H2,1H3. The second kappa shape index (κ2) is 8.88. The van der Waals surface area contributed by atoms with E-state index in [1.165, 1.54) is 47.4 Å². The number of likely N-dealkylation sites (N-methyl/N-ethyl adjacent to an activating group) is 1. The SMILES string of the molecule is CN(CC1COc2ccccc2O1)C(=O)c1cccc(S(=O)(=O)Nc2ccccc2F)c1. The van der Waals surface area contributed by atoms with Gasteiger partial charge in [0.05, 0.1) is 17.1 Å². The predicted molar refractivity (Wildman–Crippen MR) is 117 cm³/mol. The van der Waals surface area contributed by atoms with Crippen molar-refractivity contribution in [2.75, 3.05) is 24.9 Å². The van der Waals surface area contributed by atoms with Crippen LogP contribution in [0.4, 0.5) is 10.1 Å². The summed E-state index contributed by atoms with van der Waals surface area (Å²) in [4.78, 5) is 14.2. The fourth-order valence-electron chi connectivity index (χ4n) is 3.31. The number of fused-ring (bicyclic) bond motifs is 1. The third-order valence-corrected chi connectivity index (χ3v) is 6.26. The molecule has 4 rings (SSSR count). The molecule has 1 aliphatic heterocycles. The monoisotopic (exact) mass is 456 g/mol. The van der Waals surface area contributed by atoms with Crippen LogP contribution in [0, 0.1) is 5.82 Å². The van der Waals surface area contributed by atoms with Gasteiger partial charge in [-0.1, -0.05) is 30.3 Å². The summed E-state index contributed by atoms with van der Waals surface area (Å²) in [6.45, 7) is 0.535. The van der Waals surface area contributed by atoms with Crippen molar-refractivity contribution in [1.82, 2.24) is 4.90 Å². The molecule has 0 bridgehead atoms. The van der Waals surface area contributed by atoms with E-state index in [1.54, 1.807) is 13.1 Å². The van der Waals surface area contributed by atoms with Crippen LogP contribution in [0.5, 0.6) is 11.5 Å². The summed E-state index contributed by atoms with van der Waals surface area (Å²) in [5.74, 6) is 0.185. The van der Waals surface area contributed by atoms with Crippen LogP contribution in [0.3, 0.4) is 0 Å². The zero-order valence-electron chi connectivity index (χ0n) is 17.2. The lowest BCUT2D eigenvalue weighted by molar-refractivity contribution is 0.0521. The van der Waals surface area contributed by atoms with Crippen LogP contribution in [0.2, 0.25) is 0 Å². The molecule has 9 heteroatoms. The highest BCUT2D eigenvalue weighted by atomic mass is 32.2. The molecule has 1 N–H and O–H groups in total. The Morgan fingerprint density at radius 1 is 1.06 bits per heavy atom. The first-order valence-electron chi connectivity index (χ1n) is 9.85. The Balaban J connectivity index is 1.46. The van der Waals surface area contributed by atoms with E-state index >= 15 is 0 Å². The summed E-state index contributed by atoms with van der Waals surface area (Å²) in [6.07, 6.45) is -0.367. The molecule has 0 spiro atoms. The summed E-state index contributed by atoms with van der Waals surface area (Å²) in [7, 11) is -2.48. The van der Waals surface area contributed by atoms with E-state index in [4.69, 9.17) is 9.47 Å². The molecule has 1 heterocycles. The summed E-state index contributed by atoms with van der Waals surface area (Å²) in [5.41, 5.74) is 0.0112. The number of carbonyl (C=O) groups is 1. The van der Waals surface area contributed by atoms with Crippen LogP contribution in [0.25, 0.3) is 0 Å². The Labute approximate surface area is 185 Å². The average Bonchev–Trinajstić information content (AvgIpc) is 2.80. The van der Waals surface area contributed by atoms with Crippen molar-refractivity contribution in [2.45, 2.75) is 11.0 Å². The topological polar surface area (TPSA) is 84.9 Å². The molecule has 1 atom stereocenters. The Kier molecular flexibility index (Phi) is 6.00. The van der Waals surface area contributed by atoms with Gasteiger partial charge in [0, 0.05) is 12.6 Å².